The monoisotopic (exact) mass is 221 g/mol. The zero-order valence-corrected chi connectivity index (χ0v) is 9.60. The predicted octanol–water partition coefficient (Wildman–Crippen LogP) is 1.73. The number of hydrogen-bond acceptors (Lipinski definition) is 2. The molecular formula is C13H19NO2. The molecule has 16 heavy (non-hydrogen) atoms. The van der Waals surface area contributed by atoms with Crippen LogP contribution >= 0.6 is 0 Å². The first-order chi connectivity index (χ1) is 7.86. The Bertz CT molecular complexity index is 307. The number of fused-ring (bicyclic) bond motifs is 2. The summed E-state index contributed by atoms with van der Waals surface area (Å²) in [7, 11) is 0. The van der Waals surface area contributed by atoms with E-state index in [-0.39, 0.29) is 5.92 Å². The van der Waals surface area contributed by atoms with Crippen molar-refractivity contribution < 1.29 is 9.53 Å². The molecule has 0 aromatic rings. The van der Waals surface area contributed by atoms with Crippen LogP contribution in [0.25, 0.3) is 0 Å². The quantitative estimate of drug-likeness (QED) is 0.631. The lowest BCUT2D eigenvalue weighted by molar-refractivity contribution is -0.140. The third-order valence-electron chi connectivity index (χ3n) is 4.14. The number of carbonyl (C=O) groups excluding carboxylic acids is 1. The topological polar surface area (TPSA) is 29.5 Å². The molecule has 2 unspecified atom stereocenters. The maximum Gasteiger partial charge on any atom is 0.226 e. The van der Waals surface area contributed by atoms with E-state index >= 15 is 0 Å². The number of hydrogen-bond donors (Lipinski definition) is 0. The second-order valence-corrected chi connectivity index (χ2v) is 5.09. The summed E-state index contributed by atoms with van der Waals surface area (Å²) in [6, 6.07) is 0.888. The minimum absolute atomic E-state index is 0.225. The lowest BCUT2D eigenvalue weighted by atomic mass is 9.96. The fraction of sp³-hybridized carbons (Fsp3) is 0.769. The van der Waals surface area contributed by atoms with Crippen LogP contribution in [0.5, 0.6) is 0 Å². The van der Waals surface area contributed by atoms with Crippen LogP contribution in [0, 0.1) is 5.92 Å². The Morgan fingerprint density at radius 3 is 2.75 bits per heavy atom. The van der Waals surface area contributed by atoms with Gasteiger partial charge in [0.05, 0.1) is 6.04 Å². The molecule has 0 saturated carbocycles. The molecule has 88 valence electrons. The fourth-order valence-corrected chi connectivity index (χ4v) is 3.22. The first-order valence-electron chi connectivity index (χ1n) is 6.43. The standard InChI is InChI=1S/C13H19NO2/c15-13(10-6-8-16-9-7-10)14-11-2-1-3-12(14)5-4-11/h1-2,10-12H,3-9H2. The van der Waals surface area contributed by atoms with E-state index in [9.17, 15) is 4.79 Å². The number of rotatable bonds is 1. The molecule has 3 aliphatic rings. The predicted molar refractivity (Wildman–Crippen MR) is 61.0 cm³/mol. The first-order valence-corrected chi connectivity index (χ1v) is 6.43. The highest BCUT2D eigenvalue weighted by Gasteiger charge is 2.39. The Balaban J connectivity index is 1.72. The van der Waals surface area contributed by atoms with Gasteiger partial charge in [-0.2, -0.15) is 0 Å². The highest BCUT2D eigenvalue weighted by Crippen LogP contribution is 2.34. The third kappa shape index (κ3) is 1.67. The summed E-state index contributed by atoms with van der Waals surface area (Å²) < 4.78 is 5.32. The van der Waals surface area contributed by atoms with Gasteiger partial charge in [-0.05, 0) is 32.1 Å². The van der Waals surface area contributed by atoms with E-state index in [4.69, 9.17) is 4.74 Å². The molecule has 3 rings (SSSR count). The van der Waals surface area contributed by atoms with Crippen LogP contribution in [0.2, 0.25) is 0 Å². The number of amides is 1. The first kappa shape index (κ1) is 10.3. The van der Waals surface area contributed by atoms with E-state index in [1.54, 1.807) is 0 Å². The molecule has 3 aliphatic heterocycles. The van der Waals surface area contributed by atoms with Gasteiger partial charge in [-0.25, -0.2) is 0 Å². The molecular weight excluding hydrogens is 202 g/mol. The van der Waals surface area contributed by atoms with E-state index in [1.807, 2.05) is 0 Å². The molecule has 0 aromatic heterocycles. The highest BCUT2D eigenvalue weighted by molar-refractivity contribution is 5.80. The van der Waals surface area contributed by atoms with Crippen molar-refractivity contribution in [2.75, 3.05) is 13.2 Å². The second kappa shape index (κ2) is 4.21. The molecule has 3 nitrogen and oxygen atoms in total. The average Bonchev–Trinajstić information content (AvgIpc) is 2.59. The van der Waals surface area contributed by atoms with Crippen LogP contribution in [0.1, 0.15) is 32.1 Å². The van der Waals surface area contributed by atoms with Gasteiger partial charge in [0.2, 0.25) is 5.91 Å². The Labute approximate surface area is 96.4 Å². The minimum atomic E-state index is 0.225. The van der Waals surface area contributed by atoms with Gasteiger partial charge in [-0.3, -0.25) is 4.79 Å². The average molecular weight is 221 g/mol. The van der Waals surface area contributed by atoms with E-state index in [0.29, 0.717) is 18.0 Å². The van der Waals surface area contributed by atoms with Gasteiger partial charge in [-0.1, -0.05) is 12.2 Å². The van der Waals surface area contributed by atoms with E-state index in [2.05, 4.69) is 17.1 Å². The van der Waals surface area contributed by atoms with Crippen molar-refractivity contribution >= 4 is 5.91 Å². The summed E-state index contributed by atoms with van der Waals surface area (Å²) in [4.78, 5) is 14.6. The van der Waals surface area contributed by atoms with Crippen LogP contribution in [0.4, 0.5) is 0 Å². The zero-order chi connectivity index (χ0) is 11.0. The SMILES string of the molecule is O=C(C1CCOCC1)N1C2C=CCC1CC2. The molecule has 2 saturated heterocycles. The Hall–Kier alpha value is -0.830. The maximum atomic E-state index is 12.5. The molecule has 2 bridgehead atoms. The molecule has 0 N–H and O–H groups in total. The highest BCUT2D eigenvalue weighted by atomic mass is 16.5. The van der Waals surface area contributed by atoms with Crippen molar-refractivity contribution in [3.05, 3.63) is 12.2 Å². The Kier molecular flexibility index (Phi) is 2.72. The van der Waals surface area contributed by atoms with Crippen molar-refractivity contribution in [2.24, 2.45) is 5.92 Å². The van der Waals surface area contributed by atoms with Crippen LogP contribution < -0.4 is 0 Å². The van der Waals surface area contributed by atoms with Gasteiger partial charge in [0.15, 0.2) is 0 Å². The lowest BCUT2D eigenvalue weighted by Gasteiger charge is -2.35. The minimum Gasteiger partial charge on any atom is -0.381 e. The summed E-state index contributed by atoms with van der Waals surface area (Å²) >= 11 is 0. The molecule has 3 heteroatoms. The van der Waals surface area contributed by atoms with Crippen molar-refractivity contribution in [3.63, 3.8) is 0 Å². The van der Waals surface area contributed by atoms with Crippen LogP contribution in [0.15, 0.2) is 12.2 Å². The number of ether oxygens (including phenoxy) is 1. The van der Waals surface area contributed by atoms with Gasteiger partial charge in [-0.15, -0.1) is 0 Å². The van der Waals surface area contributed by atoms with Gasteiger partial charge in [0.1, 0.15) is 0 Å². The number of nitrogens with zero attached hydrogens (tertiary/aromatic N) is 1. The fourth-order valence-electron chi connectivity index (χ4n) is 3.22. The van der Waals surface area contributed by atoms with Gasteiger partial charge < -0.3 is 9.64 Å². The third-order valence-corrected chi connectivity index (χ3v) is 4.14. The molecule has 2 atom stereocenters. The zero-order valence-electron chi connectivity index (χ0n) is 9.60. The van der Waals surface area contributed by atoms with E-state index < -0.39 is 0 Å². The maximum absolute atomic E-state index is 12.5. The summed E-state index contributed by atoms with van der Waals surface area (Å²) in [6.07, 6.45) is 9.71. The summed E-state index contributed by atoms with van der Waals surface area (Å²) in [5, 5.41) is 0. The van der Waals surface area contributed by atoms with E-state index in [1.165, 1.54) is 6.42 Å². The van der Waals surface area contributed by atoms with Crippen molar-refractivity contribution in [2.45, 2.75) is 44.2 Å². The Morgan fingerprint density at radius 1 is 1.19 bits per heavy atom. The van der Waals surface area contributed by atoms with Crippen LogP contribution in [0.3, 0.4) is 0 Å². The molecule has 3 heterocycles. The van der Waals surface area contributed by atoms with Gasteiger partial charge in [0.25, 0.3) is 0 Å². The second-order valence-electron chi connectivity index (χ2n) is 5.09. The summed E-state index contributed by atoms with van der Waals surface area (Å²) in [5.41, 5.74) is 0. The van der Waals surface area contributed by atoms with Crippen LogP contribution in [-0.4, -0.2) is 36.1 Å². The normalized spacial score (nSPS) is 34.4. The van der Waals surface area contributed by atoms with Crippen LogP contribution in [-0.2, 0) is 9.53 Å². The largest absolute Gasteiger partial charge is 0.381 e. The molecule has 0 spiro atoms. The van der Waals surface area contributed by atoms with E-state index in [0.717, 1.165) is 38.9 Å². The number of carbonyl (C=O) groups is 1. The summed E-state index contributed by atoms with van der Waals surface area (Å²) in [6.45, 7) is 1.52. The van der Waals surface area contributed by atoms with Gasteiger partial charge in [0, 0.05) is 25.2 Å². The molecule has 0 aliphatic carbocycles. The van der Waals surface area contributed by atoms with Crippen molar-refractivity contribution in [1.82, 2.24) is 4.90 Å². The lowest BCUT2D eigenvalue weighted by Crippen LogP contribution is -2.46. The van der Waals surface area contributed by atoms with Crippen molar-refractivity contribution in [1.29, 1.82) is 0 Å². The molecule has 0 aromatic carbocycles. The molecule has 1 amide bonds. The van der Waals surface area contributed by atoms with Crippen molar-refractivity contribution in [3.8, 4) is 0 Å². The molecule has 2 fully saturated rings. The summed E-state index contributed by atoms with van der Waals surface area (Å²) in [5.74, 6) is 0.614. The molecule has 0 radical (unpaired) electrons. The Morgan fingerprint density at radius 2 is 2.00 bits per heavy atom. The van der Waals surface area contributed by atoms with Gasteiger partial charge >= 0.3 is 0 Å². The smallest absolute Gasteiger partial charge is 0.226 e.